The predicted octanol–water partition coefficient (Wildman–Crippen LogP) is 5.75. The molecule has 34 heavy (non-hydrogen) atoms. The number of carbonyl (C=O) groups excluding carboxylic acids is 3. The van der Waals surface area contributed by atoms with E-state index in [1.807, 2.05) is 27.7 Å². The van der Waals surface area contributed by atoms with Crippen molar-refractivity contribution in [2.45, 2.75) is 113 Å². The predicted molar refractivity (Wildman–Crippen MR) is 140 cm³/mol. The summed E-state index contributed by atoms with van der Waals surface area (Å²) < 4.78 is 5.12. The number of hydrogen-bond donors (Lipinski definition) is 1. The van der Waals surface area contributed by atoms with Gasteiger partial charge in [0.2, 0.25) is 11.8 Å². The number of rotatable bonds is 15. The summed E-state index contributed by atoms with van der Waals surface area (Å²) in [6.07, 6.45) is 5.90. The lowest BCUT2D eigenvalue weighted by molar-refractivity contribution is -0.142. The number of likely N-dealkylation sites (N-methyl/N-ethyl adjacent to an activating group) is 1. The summed E-state index contributed by atoms with van der Waals surface area (Å²) in [6.45, 7) is 20.3. The number of esters is 1. The van der Waals surface area contributed by atoms with E-state index < -0.39 is 11.5 Å². The van der Waals surface area contributed by atoms with Gasteiger partial charge in [-0.2, -0.15) is 0 Å². The molecule has 0 fully saturated rings. The van der Waals surface area contributed by atoms with E-state index >= 15 is 0 Å². The van der Waals surface area contributed by atoms with Crippen LogP contribution in [-0.2, 0) is 19.1 Å². The molecule has 0 bridgehead atoms. The van der Waals surface area contributed by atoms with Gasteiger partial charge < -0.3 is 15.0 Å². The fraction of sp³-hybridized carbons (Fsp3) is 0.821. The maximum atomic E-state index is 13.7. The van der Waals surface area contributed by atoms with E-state index in [9.17, 15) is 14.4 Å². The van der Waals surface area contributed by atoms with E-state index in [0.29, 0.717) is 18.1 Å². The lowest BCUT2D eigenvalue weighted by Crippen LogP contribution is -2.56. The molecule has 0 aromatic heterocycles. The fourth-order valence-electron chi connectivity index (χ4n) is 4.43. The molecule has 0 heterocycles. The van der Waals surface area contributed by atoms with Crippen LogP contribution >= 0.6 is 0 Å². The molecule has 6 nitrogen and oxygen atoms in total. The zero-order chi connectivity index (χ0) is 26.6. The van der Waals surface area contributed by atoms with Crippen LogP contribution in [0.4, 0.5) is 0 Å². The Morgan fingerprint density at radius 3 is 1.94 bits per heavy atom. The van der Waals surface area contributed by atoms with E-state index in [1.165, 1.54) is 0 Å². The van der Waals surface area contributed by atoms with E-state index in [2.05, 4.69) is 33.0 Å². The smallest absolute Gasteiger partial charge is 0.333 e. The van der Waals surface area contributed by atoms with Gasteiger partial charge in [0.25, 0.3) is 0 Å². The lowest BCUT2D eigenvalue weighted by atomic mass is 9.73. The largest absolute Gasteiger partial charge is 0.463 e. The average Bonchev–Trinajstić information content (AvgIpc) is 2.82. The normalized spacial score (nSPS) is 15.9. The van der Waals surface area contributed by atoms with Crippen LogP contribution in [0.15, 0.2) is 11.6 Å². The van der Waals surface area contributed by atoms with Crippen molar-refractivity contribution in [2.24, 2.45) is 23.2 Å². The molecule has 4 atom stereocenters. The Labute approximate surface area is 209 Å². The molecule has 0 aromatic rings. The fourth-order valence-corrected chi connectivity index (χ4v) is 4.43. The highest BCUT2D eigenvalue weighted by Crippen LogP contribution is 2.36. The molecule has 198 valence electrons. The molecule has 2 amide bonds. The van der Waals surface area contributed by atoms with Crippen LogP contribution in [0.1, 0.15) is 101 Å². The lowest BCUT2D eigenvalue weighted by Gasteiger charge is -2.38. The van der Waals surface area contributed by atoms with Crippen molar-refractivity contribution in [3.05, 3.63) is 11.6 Å². The first-order chi connectivity index (χ1) is 15.8. The number of hydrogen-bond acceptors (Lipinski definition) is 4. The Kier molecular flexibility index (Phi) is 14.4. The van der Waals surface area contributed by atoms with Gasteiger partial charge in [0, 0.05) is 18.0 Å². The summed E-state index contributed by atoms with van der Waals surface area (Å²) in [5.41, 5.74) is 0.00606. The monoisotopic (exact) mass is 480 g/mol. The number of carbonyl (C=O) groups is 3. The quantitative estimate of drug-likeness (QED) is 0.239. The first kappa shape index (κ1) is 32.1. The summed E-state index contributed by atoms with van der Waals surface area (Å²) in [5.74, 6) is -0.0173. The molecule has 0 saturated carbocycles. The summed E-state index contributed by atoms with van der Waals surface area (Å²) in [6, 6.07) is -0.906. The highest BCUT2D eigenvalue weighted by Gasteiger charge is 2.40. The highest BCUT2D eigenvalue weighted by atomic mass is 16.5. The van der Waals surface area contributed by atoms with E-state index in [0.717, 1.165) is 32.1 Å². The van der Waals surface area contributed by atoms with Crippen LogP contribution in [0, 0.1) is 23.2 Å². The van der Waals surface area contributed by atoms with E-state index in [4.69, 9.17) is 4.74 Å². The minimum Gasteiger partial charge on any atom is -0.463 e. The number of ether oxygens (including phenoxy) is 1. The molecule has 1 N–H and O–H groups in total. The van der Waals surface area contributed by atoms with Crippen molar-refractivity contribution in [2.75, 3.05) is 13.7 Å². The van der Waals surface area contributed by atoms with Crippen LogP contribution in [0.5, 0.6) is 0 Å². The van der Waals surface area contributed by atoms with Gasteiger partial charge in [0.1, 0.15) is 6.04 Å². The Morgan fingerprint density at radius 1 is 0.971 bits per heavy atom. The third-order valence-corrected chi connectivity index (χ3v) is 7.53. The standard InChI is InChI=1S/C28H52N2O4/c1-12-20(8)18-28(14-3,15-4)27(33)29-24(21(9)13-2)25(31)30(11)23(19(6)7)17-22(10)26(32)34-16-5/h17,19-21,23-24H,12-16,18H2,1-11H3,(H,29,33)/b22-17+/t20?,21-,23+,24-/m0/s1. The number of nitrogens with zero attached hydrogens (tertiary/aromatic N) is 1. The summed E-state index contributed by atoms with van der Waals surface area (Å²) >= 11 is 0. The summed E-state index contributed by atoms with van der Waals surface area (Å²) in [4.78, 5) is 41.2. The van der Waals surface area contributed by atoms with Crippen molar-refractivity contribution < 1.29 is 19.1 Å². The first-order valence-electron chi connectivity index (χ1n) is 13.3. The number of amides is 2. The maximum absolute atomic E-state index is 13.7. The number of nitrogens with one attached hydrogen (secondary N) is 1. The minimum absolute atomic E-state index is 0.0168. The molecule has 1 unspecified atom stereocenters. The molecular weight excluding hydrogens is 428 g/mol. The van der Waals surface area contributed by atoms with Gasteiger partial charge in [-0.3, -0.25) is 9.59 Å². The van der Waals surface area contributed by atoms with Crippen molar-refractivity contribution in [1.29, 1.82) is 0 Å². The Balaban J connectivity index is 6.02. The van der Waals surface area contributed by atoms with Gasteiger partial charge in [-0.15, -0.1) is 0 Å². The summed E-state index contributed by atoms with van der Waals surface area (Å²) in [7, 11) is 1.76. The Morgan fingerprint density at radius 2 is 1.53 bits per heavy atom. The first-order valence-corrected chi connectivity index (χ1v) is 13.3. The summed E-state index contributed by atoms with van der Waals surface area (Å²) in [5, 5.41) is 3.17. The van der Waals surface area contributed by atoms with Gasteiger partial charge in [-0.1, -0.05) is 74.3 Å². The van der Waals surface area contributed by atoms with Crippen LogP contribution in [0.25, 0.3) is 0 Å². The second kappa shape index (κ2) is 15.2. The maximum Gasteiger partial charge on any atom is 0.333 e. The third-order valence-electron chi connectivity index (χ3n) is 7.53. The van der Waals surface area contributed by atoms with E-state index in [-0.39, 0.29) is 35.7 Å². The van der Waals surface area contributed by atoms with Crippen molar-refractivity contribution in [1.82, 2.24) is 10.2 Å². The van der Waals surface area contributed by atoms with Gasteiger partial charge in [0.05, 0.1) is 12.6 Å². The van der Waals surface area contributed by atoms with Gasteiger partial charge in [0.15, 0.2) is 0 Å². The highest BCUT2D eigenvalue weighted by molar-refractivity contribution is 5.91. The second-order valence-electron chi connectivity index (χ2n) is 10.3. The molecule has 6 heteroatoms. The van der Waals surface area contributed by atoms with E-state index in [1.54, 1.807) is 31.9 Å². The van der Waals surface area contributed by atoms with Crippen molar-refractivity contribution in [3.63, 3.8) is 0 Å². The zero-order valence-electron chi connectivity index (χ0n) is 23.8. The molecule has 0 aliphatic rings. The van der Waals surface area contributed by atoms with Crippen LogP contribution in [0.3, 0.4) is 0 Å². The molecule has 0 saturated heterocycles. The van der Waals surface area contributed by atoms with Gasteiger partial charge >= 0.3 is 5.97 Å². The molecule has 0 spiro atoms. The van der Waals surface area contributed by atoms with Gasteiger partial charge in [-0.05, 0) is 50.9 Å². The molecule has 0 aliphatic heterocycles. The molecule has 0 rings (SSSR count). The molecule has 0 radical (unpaired) electrons. The van der Waals surface area contributed by atoms with Gasteiger partial charge in [-0.25, -0.2) is 4.79 Å². The van der Waals surface area contributed by atoms with Crippen LogP contribution in [0.2, 0.25) is 0 Å². The Bertz CT molecular complexity index is 682. The third kappa shape index (κ3) is 8.74. The van der Waals surface area contributed by atoms with Crippen LogP contribution in [-0.4, -0.2) is 48.4 Å². The second-order valence-corrected chi connectivity index (χ2v) is 10.3. The molecular formula is C28H52N2O4. The molecule has 0 aromatic carbocycles. The van der Waals surface area contributed by atoms with Crippen molar-refractivity contribution in [3.8, 4) is 0 Å². The minimum atomic E-state index is -0.616. The van der Waals surface area contributed by atoms with Crippen molar-refractivity contribution >= 4 is 17.8 Å². The SMILES string of the molecule is CCOC(=O)/C(C)=C/[C@H](C(C)C)N(C)C(=O)[C@@H](NC(=O)C(CC)(CC)CC(C)CC)[C@@H](C)CC. The zero-order valence-corrected chi connectivity index (χ0v) is 23.8. The topological polar surface area (TPSA) is 75.7 Å². The van der Waals surface area contributed by atoms with Crippen LogP contribution < -0.4 is 5.32 Å². The molecule has 0 aliphatic carbocycles. The Hall–Kier alpha value is -1.85. The average molecular weight is 481 g/mol.